The van der Waals surface area contributed by atoms with Crippen molar-refractivity contribution in [1.82, 2.24) is 0 Å². The first kappa shape index (κ1) is 16.9. The molecular weight excluding hydrogens is 272 g/mol. The predicted molar refractivity (Wildman–Crippen MR) is 81.8 cm³/mol. The molecule has 0 heterocycles. The van der Waals surface area contributed by atoms with Crippen LogP contribution in [0.5, 0.6) is 0 Å². The second-order valence-corrected chi connectivity index (χ2v) is 4.95. The van der Waals surface area contributed by atoms with Crippen molar-refractivity contribution in [3.8, 4) is 0 Å². The highest BCUT2D eigenvalue weighted by atomic mass is 16.6. The Kier molecular flexibility index (Phi) is 7.21. The zero-order valence-electron chi connectivity index (χ0n) is 12.3. The van der Waals surface area contributed by atoms with E-state index in [1.54, 1.807) is 6.07 Å². The molecule has 0 radical (unpaired) electrons. The number of para-hydroxylation sites is 2. The fourth-order valence-electron chi connectivity index (χ4n) is 2.22. The molecule has 6 heteroatoms. The van der Waals surface area contributed by atoms with E-state index in [9.17, 15) is 20.0 Å². The minimum absolute atomic E-state index is 0.142. The van der Waals surface area contributed by atoms with Crippen LogP contribution in [0, 0.1) is 10.1 Å². The highest BCUT2D eigenvalue weighted by Gasteiger charge is 2.22. The Morgan fingerprint density at radius 3 is 2.43 bits per heavy atom. The van der Waals surface area contributed by atoms with Gasteiger partial charge in [0.2, 0.25) is 0 Å². The molecule has 0 saturated carbocycles. The van der Waals surface area contributed by atoms with Crippen molar-refractivity contribution in [2.24, 2.45) is 0 Å². The highest BCUT2D eigenvalue weighted by Crippen LogP contribution is 2.28. The molecule has 1 amide bonds. The molecule has 1 rings (SSSR count). The number of anilines is 1. The number of rotatable bonds is 9. The maximum atomic E-state index is 11.3. The number of unbranched alkanes of at least 4 members (excludes halogenated alkanes) is 5. The fraction of sp³-hybridized carbons (Fsp3) is 0.533. The first-order valence-corrected chi connectivity index (χ1v) is 7.31. The SMILES string of the molecule is CCCCCCCCN(C(=O)O)c1ccccc1[N+](=O)[O-]. The first-order valence-electron chi connectivity index (χ1n) is 7.31. The molecule has 1 aromatic carbocycles. The van der Waals surface area contributed by atoms with Gasteiger partial charge in [-0.25, -0.2) is 4.79 Å². The number of nitrogens with zero attached hydrogens (tertiary/aromatic N) is 2. The third-order valence-corrected chi connectivity index (χ3v) is 3.34. The van der Waals surface area contributed by atoms with Crippen molar-refractivity contribution in [1.29, 1.82) is 0 Å². The van der Waals surface area contributed by atoms with E-state index >= 15 is 0 Å². The van der Waals surface area contributed by atoms with Crippen LogP contribution in [0.4, 0.5) is 16.2 Å². The highest BCUT2D eigenvalue weighted by molar-refractivity contribution is 5.89. The monoisotopic (exact) mass is 294 g/mol. The lowest BCUT2D eigenvalue weighted by Gasteiger charge is -2.19. The third-order valence-electron chi connectivity index (χ3n) is 3.34. The van der Waals surface area contributed by atoms with E-state index < -0.39 is 11.0 Å². The molecule has 0 saturated heterocycles. The standard InChI is InChI=1S/C15H22N2O4/c1-2-3-4-5-6-9-12-16(15(18)19)13-10-7-8-11-14(13)17(20)21/h7-8,10-11H,2-6,9,12H2,1H3,(H,18,19). The van der Waals surface area contributed by atoms with E-state index in [4.69, 9.17) is 0 Å². The summed E-state index contributed by atoms with van der Waals surface area (Å²) in [6.07, 6.45) is 5.06. The topological polar surface area (TPSA) is 83.7 Å². The molecule has 0 aliphatic heterocycles. The summed E-state index contributed by atoms with van der Waals surface area (Å²) >= 11 is 0. The van der Waals surface area contributed by atoms with Gasteiger partial charge >= 0.3 is 6.09 Å². The van der Waals surface area contributed by atoms with Gasteiger partial charge in [0.05, 0.1) is 4.92 Å². The Bertz CT molecular complexity index is 476. The Hall–Kier alpha value is -2.11. The number of nitro benzene ring substituents is 1. The number of nitro groups is 1. The summed E-state index contributed by atoms with van der Waals surface area (Å²) < 4.78 is 0. The van der Waals surface area contributed by atoms with Gasteiger partial charge < -0.3 is 5.11 Å². The van der Waals surface area contributed by atoms with Gasteiger partial charge in [0.25, 0.3) is 5.69 Å². The Balaban J connectivity index is 2.66. The summed E-state index contributed by atoms with van der Waals surface area (Å²) in [7, 11) is 0. The average molecular weight is 294 g/mol. The Labute approximate surface area is 124 Å². The van der Waals surface area contributed by atoms with Gasteiger partial charge in [-0.15, -0.1) is 0 Å². The molecule has 0 fully saturated rings. The molecule has 1 aromatic rings. The van der Waals surface area contributed by atoms with Crippen molar-refractivity contribution in [2.45, 2.75) is 45.4 Å². The van der Waals surface area contributed by atoms with Crippen molar-refractivity contribution in [3.05, 3.63) is 34.4 Å². The van der Waals surface area contributed by atoms with Crippen LogP contribution in [0.15, 0.2) is 24.3 Å². The molecule has 0 bridgehead atoms. The fourth-order valence-corrected chi connectivity index (χ4v) is 2.22. The van der Waals surface area contributed by atoms with Crippen LogP contribution in [0.3, 0.4) is 0 Å². The maximum absolute atomic E-state index is 11.3. The van der Waals surface area contributed by atoms with E-state index in [2.05, 4.69) is 6.92 Å². The molecule has 0 aromatic heterocycles. The van der Waals surface area contributed by atoms with Crippen molar-refractivity contribution in [3.63, 3.8) is 0 Å². The summed E-state index contributed by atoms with van der Waals surface area (Å²) in [6.45, 7) is 2.42. The predicted octanol–water partition coefficient (Wildman–Crippen LogP) is 4.44. The van der Waals surface area contributed by atoms with Crippen LogP contribution < -0.4 is 4.90 Å². The van der Waals surface area contributed by atoms with Crippen LogP contribution in [-0.2, 0) is 0 Å². The molecule has 116 valence electrons. The number of hydrogen-bond acceptors (Lipinski definition) is 3. The van der Waals surface area contributed by atoms with Crippen LogP contribution in [0.2, 0.25) is 0 Å². The van der Waals surface area contributed by atoms with Crippen LogP contribution in [0.1, 0.15) is 45.4 Å². The van der Waals surface area contributed by atoms with Crippen LogP contribution in [0.25, 0.3) is 0 Å². The summed E-state index contributed by atoms with van der Waals surface area (Å²) in [4.78, 5) is 22.8. The molecular formula is C15H22N2O4. The van der Waals surface area contributed by atoms with Gasteiger partial charge in [-0.1, -0.05) is 51.2 Å². The molecule has 1 N–H and O–H groups in total. The van der Waals surface area contributed by atoms with E-state index in [-0.39, 0.29) is 17.9 Å². The quantitative estimate of drug-likeness (QED) is 0.414. The number of carbonyl (C=O) groups is 1. The molecule has 0 unspecified atom stereocenters. The average Bonchev–Trinajstić information content (AvgIpc) is 2.46. The number of carboxylic acid groups (broad SMARTS) is 1. The Morgan fingerprint density at radius 2 is 1.81 bits per heavy atom. The normalized spacial score (nSPS) is 10.3. The van der Waals surface area contributed by atoms with Crippen LogP contribution >= 0.6 is 0 Å². The Morgan fingerprint density at radius 1 is 1.19 bits per heavy atom. The summed E-state index contributed by atoms with van der Waals surface area (Å²) in [6, 6.07) is 5.95. The largest absolute Gasteiger partial charge is 0.465 e. The van der Waals surface area contributed by atoms with E-state index in [0.717, 1.165) is 30.6 Å². The molecule has 0 spiro atoms. The molecule has 0 atom stereocenters. The second kappa shape index (κ2) is 8.94. The second-order valence-electron chi connectivity index (χ2n) is 4.95. The van der Waals surface area contributed by atoms with Gasteiger partial charge in [-0.2, -0.15) is 0 Å². The van der Waals surface area contributed by atoms with E-state index in [0.29, 0.717) is 6.42 Å². The van der Waals surface area contributed by atoms with Crippen molar-refractivity contribution >= 4 is 17.5 Å². The lowest BCUT2D eigenvalue weighted by molar-refractivity contribution is -0.384. The molecule has 6 nitrogen and oxygen atoms in total. The molecule has 0 aliphatic rings. The van der Waals surface area contributed by atoms with Crippen LogP contribution in [-0.4, -0.2) is 22.7 Å². The van der Waals surface area contributed by atoms with Gasteiger partial charge in [-0.3, -0.25) is 15.0 Å². The van der Waals surface area contributed by atoms with Crippen molar-refractivity contribution < 1.29 is 14.8 Å². The number of amides is 1. The first-order chi connectivity index (χ1) is 10.1. The number of hydrogen-bond donors (Lipinski definition) is 1. The lowest BCUT2D eigenvalue weighted by Crippen LogP contribution is -2.30. The summed E-state index contributed by atoms with van der Waals surface area (Å²) in [5.41, 5.74) is -0.0329. The zero-order valence-corrected chi connectivity index (χ0v) is 12.3. The minimum Gasteiger partial charge on any atom is -0.465 e. The summed E-state index contributed by atoms with van der Waals surface area (Å²) in [5.74, 6) is 0. The van der Waals surface area contributed by atoms with E-state index in [1.807, 2.05) is 0 Å². The van der Waals surface area contributed by atoms with Gasteiger partial charge in [0.1, 0.15) is 5.69 Å². The van der Waals surface area contributed by atoms with E-state index in [1.165, 1.54) is 24.6 Å². The number of benzene rings is 1. The van der Waals surface area contributed by atoms with Crippen molar-refractivity contribution in [2.75, 3.05) is 11.4 Å². The minimum atomic E-state index is -1.15. The van der Waals surface area contributed by atoms with Gasteiger partial charge in [-0.05, 0) is 12.5 Å². The zero-order chi connectivity index (χ0) is 15.7. The maximum Gasteiger partial charge on any atom is 0.412 e. The summed E-state index contributed by atoms with van der Waals surface area (Å²) in [5, 5.41) is 20.3. The molecule has 21 heavy (non-hydrogen) atoms. The van der Waals surface area contributed by atoms with Gasteiger partial charge in [0.15, 0.2) is 0 Å². The van der Waals surface area contributed by atoms with Gasteiger partial charge in [0, 0.05) is 12.6 Å². The lowest BCUT2D eigenvalue weighted by atomic mass is 10.1. The molecule has 0 aliphatic carbocycles. The smallest absolute Gasteiger partial charge is 0.412 e. The third kappa shape index (κ3) is 5.41.